The zero-order chi connectivity index (χ0) is 19.9. The van der Waals surface area contributed by atoms with Crippen LogP contribution in [-0.2, 0) is 4.74 Å². The second kappa shape index (κ2) is 7.24. The molecule has 6 nitrogen and oxygen atoms in total. The second-order valence-corrected chi connectivity index (χ2v) is 8.90. The molecule has 6 heteroatoms. The summed E-state index contributed by atoms with van der Waals surface area (Å²) in [7, 11) is 0. The van der Waals surface area contributed by atoms with Crippen molar-refractivity contribution in [2.24, 2.45) is 0 Å². The van der Waals surface area contributed by atoms with Gasteiger partial charge in [-0.15, -0.1) is 0 Å². The first-order valence-electron chi connectivity index (χ1n) is 10.1. The molecule has 2 aromatic rings. The number of rotatable bonds is 2. The van der Waals surface area contributed by atoms with E-state index >= 15 is 0 Å². The van der Waals surface area contributed by atoms with E-state index in [0.717, 1.165) is 36.4 Å². The van der Waals surface area contributed by atoms with Crippen molar-refractivity contribution < 1.29 is 14.1 Å². The number of hydrogen-bond donors (Lipinski definition) is 0. The molecular formula is C22H29N3O3. The standard InChI is InChI=1S/C22H29N3O3/c1-15-6-5-7-16(12-15)20-13-18(23-28-20)19-9-8-17-14-24(10-11-25(17)19)21(26)27-22(2,3)4/h5-7,12-13,17,19H,8-11,14H2,1-4H3/t17?,19-/m1/s1. The Balaban J connectivity index is 1.44. The minimum atomic E-state index is -0.459. The van der Waals surface area contributed by atoms with Gasteiger partial charge in [-0.25, -0.2) is 4.79 Å². The molecule has 3 heterocycles. The van der Waals surface area contributed by atoms with Gasteiger partial charge in [0.05, 0.1) is 6.04 Å². The fourth-order valence-corrected chi connectivity index (χ4v) is 4.24. The third-order valence-corrected chi connectivity index (χ3v) is 5.53. The van der Waals surface area contributed by atoms with E-state index in [9.17, 15) is 4.79 Å². The van der Waals surface area contributed by atoms with Crippen LogP contribution in [0.25, 0.3) is 11.3 Å². The number of benzene rings is 1. The van der Waals surface area contributed by atoms with Gasteiger partial charge in [0.1, 0.15) is 11.3 Å². The van der Waals surface area contributed by atoms with E-state index in [1.807, 2.05) is 37.8 Å². The molecule has 2 aliphatic rings. The number of aryl methyl sites for hydroxylation is 1. The van der Waals surface area contributed by atoms with Gasteiger partial charge >= 0.3 is 6.09 Å². The molecule has 2 fully saturated rings. The molecule has 2 atom stereocenters. The van der Waals surface area contributed by atoms with Crippen molar-refractivity contribution in [1.29, 1.82) is 0 Å². The van der Waals surface area contributed by atoms with Crippen molar-refractivity contribution in [3.63, 3.8) is 0 Å². The minimum absolute atomic E-state index is 0.209. The smallest absolute Gasteiger partial charge is 0.410 e. The number of carbonyl (C=O) groups is 1. The van der Waals surface area contributed by atoms with E-state index in [0.29, 0.717) is 19.1 Å². The highest BCUT2D eigenvalue weighted by molar-refractivity contribution is 5.68. The summed E-state index contributed by atoms with van der Waals surface area (Å²) in [6, 6.07) is 11.0. The lowest BCUT2D eigenvalue weighted by atomic mass is 10.1. The van der Waals surface area contributed by atoms with Gasteiger partial charge < -0.3 is 14.2 Å². The van der Waals surface area contributed by atoms with Crippen LogP contribution in [-0.4, -0.2) is 52.3 Å². The number of piperazine rings is 1. The van der Waals surface area contributed by atoms with Crippen LogP contribution in [0.1, 0.15) is 50.9 Å². The molecule has 2 aliphatic heterocycles. The van der Waals surface area contributed by atoms with Crippen LogP contribution in [0.3, 0.4) is 0 Å². The van der Waals surface area contributed by atoms with Crippen LogP contribution in [0.4, 0.5) is 4.79 Å². The van der Waals surface area contributed by atoms with Crippen LogP contribution in [0.5, 0.6) is 0 Å². The molecule has 28 heavy (non-hydrogen) atoms. The Kier molecular flexibility index (Phi) is 4.91. The van der Waals surface area contributed by atoms with E-state index in [2.05, 4.69) is 35.2 Å². The van der Waals surface area contributed by atoms with Crippen LogP contribution in [0, 0.1) is 6.92 Å². The van der Waals surface area contributed by atoms with Gasteiger partial charge in [0.15, 0.2) is 5.76 Å². The summed E-state index contributed by atoms with van der Waals surface area (Å²) >= 11 is 0. The van der Waals surface area contributed by atoms with Gasteiger partial charge in [-0.1, -0.05) is 28.9 Å². The molecule has 0 spiro atoms. The van der Waals surface area contributed by atoms with E-state index in [-0.39, 0.29) is 12.1 Å². The maximum absolute atomic E-state index is 12.4. The van der Waals surface area contributed by atoms with Crippen molar-refractivity contribution in [3.05, 3.63) is 41.6 Å². The van der Waals surface area contributed by atoms with E-state index in [1.54, 1.807) is 0 Å². The van der Waals surface area contributed by atoms with Crippen molar-refractivity contribution >= 4 is 6.09 Å². The largest absolute Gasteiger partial charge is 0.444 e. The zero-order valence-corrected chi connectivity index (χ0v) is 17.1. The molecular weight excluding hydrogens is 354 g/mol. The molecule has 0 bridgehead atoms. The maximum Gasteiger partial charge on any atom is 0.410 e. The lowest BCUT2D eigenvalue weighted by molar-refractivity contribution is 0.00464. The average Bonchev–Trinajstić information content (AvgIpc) is 3.26. The Morgan fingerprint density at radius 3 is 2.79 bits per heavy atom. The van der Waals surface area contributed by atoms with E-state index in [4.69, 9.17) is 9.26 Å². The Hall–Kier alpha value is -2.34. The highest BCUT2D eigenvalue weighted by Crippen LogP contribution is 2.38. The third-order valence-electron chi connectivity index (χ3n) is 5.53. The molecule has 1 amide bonds. The summed E-state index contributed by atoms with van der Waals surface area (Å²) in [5, 5.41) is 4.38. The normalized spacial score (nSPS) is 22.9. The summed E-state index contributed by atoms with van der Waals surface area (Å²) in [6.45, 7) is 10.0. The topological polar surface area (TPSA) is 58.8 Å². The van der Waals surface area contributed by atoms with E-state index < -0.39 is 5.60 Å². The monoisotopic (exact) mass is 383 g/mol. The molecule has 1 aromatic carbocycles. The fraction of sp³-hybridized carbons (Fsp3) is 0.545. The number of aromatic nitrogens is 1. The highest BCUT2D eigenvalue weighted by Gasteiger charge is 2.41. The summed E-state index contributed by atoms with van der Waals surface area (Å²) in [5.41, 5.74) is 2.79. The quantitative estimate of drug-likeness (QED) is 0.769. The maximum atomic E-state index is 12.4. The molecule has 1 unspecified atom stereocenters. The molecule has 0 N–H and O–H groups in total. The van der Waals surface area contributed by atoms with Crippen LogP contribution < -0.4 is 0 Å². The Bertz CT molecular complexity index is 855. The highest BCUT2D eigenvalue weighted by atomic mass is 16.6. The summed E-state index contributed by atoms with van der Waals surface area (Å²) in [4.78, 5) is 16.7. The lowest BCUT2D eigenvalue weighted by Gasteiger charge is -2.39. The zero-order valence-electron chi connectivity index (χ0n) is 17.1. The molecule has 0 aliphatic carbocycles. The minimum Gasteiger partial charge on any atom is -0.444 e. The molecule has 2 saturated heterocycles. The van der Waals surface area contributed by atoms with Crippen molar-refractivity contribution in [1.82, 2.24) is 15.0 Å². The van der Waals surface area contributed by atoms with Gasteiger partial charge in [-0.3, -0.25) is 4.90 Å². The van der Waals surface area contributed by atoms with Crippen LogP contribution >= 0.6 is 0 Å². The first-order chi connectivity index (χ1) is 13.3. The summed E-state index contributed by atoms with van der Waals surface area (Å²) in [6.07, 6.45) is 1.88. The van der Waals surface area contributed by atoms with Crippen molar-refractivity contribution in [2.75, 3.05) is 19.6 Å². The Labute approximate surface area is 166 Å². The summed E-state index contributed by atoms with van der Waals surface area (Å²) in [5.74, 6) is 0.814. The Morgan fingerprint density at radius 1 is 1.21 bits per heavy atom. The predicted molar refractivity (Wildman–Crippen MR) is 107 cm³/mol. The summed E-state index contributed by atoms with van der Waals surface area (Å²) < 4.78 is 11.2. The molecule has 0 radical (unpaired) electrons. The van der Waals surface area contributed by atoms with Crippen LogP contribution in [0.15, 0.2) is 34.9 Å². The van der Waals surface area contributed by atoms with Gasteiger partial charge in [-0.05, 0) is 46.6 Å². The lowest BCUT2D eigenvalue weighted by Crippen LogP contribution is -2.53. The number of ether oxygens (including phenoxy) is 1. The number of hydrogen-bond acceptors (Lipinski definition) is 5. The van der Waals surface area contributed by atoms with Gasteiger partial charge in [0, 0.05) is 37.3 Å². The first-order valence-corrected chi connectivity index (χ1v) is 10.1. The fourth-order valence-electron chi connectivity index (χ4n) is 4.24. The SMILES string of the molecule is Cc1cccc(-c2cc([C@H]3CCC4CN(C(=O)OC(C)(C)C)CCN43)no2)c1. The van der Waals surface area contributed by atoms with E-state index in [1.165, 1.54) is 5.56 Å². The van der Waals surface area contributed by atoms with Crippen molar-refractivity contribution in [3.8, 4) is 11.3 Å². The van der Waals surface area contributed by atoms with Gasteiger partial charge in [0.2, 0.25) is 0 Å². The van der Waals surface area contributed by atoms with Crippen molar-refractivity contribution in [2.45, 2.75) is 58.2 Å². The first kappa shape index (κ1) is 19.0. The molecule has 150 valence electrons. The molecule has 1 aromatic heterocycles. The number of amides is 1. The molecule has 4 rings (SSSR count). The van der Waals surface area contributed by atoms with Gasteiger partial charge in [0.25, 0.3) is 0 Å². The predicted octanol–water partition coefficient (Wildman–Crippen LogP) is 4.41. The number of carbonyl (C=O) groups excluding carboxylic acids is 1. The Morgan fingerprint density at radius 2 is 2.04 bits per heavy atom. The molecule has 0 saturated carbocycles. The third kappa shape index (κ3) is 3.92. The average molecular weight is 383 g/mol. The number of fused-ring (bicyclic) bond motifs is 1. The second-order valence-electron chi connectivity index (χ2n) is 8.90. The van der Waals surface area contributed by atoms with Crippen LogP contribution in [0.2, 0.25) is 0 Å². The van der Waals surface area contributed by atoms with Gasteiger partial charge in [-0.2, -0.15) is 0 Å². The number of nitrogens with zero attached hydrogens (tertiary/aromatic N) is 3.